The largest absolute Gasteiger partial charge is 0.309 e. The molecule has 0 aliphatic heterocycles. The highest BCUT2D eigenvalue weighted by atomic mass is 15.1. The molecule has 3 rings (SSSR count). The van der Waals surface area contributed by atoms with Crippen LogP contribution in [-0.2, 0) is 0 Å². The summed E-state index contributed by atoms with van der Waals surface area (Å²) in [5.74, 6) is 6.55. The molecule has 32 heavy (non-hydrogen) atoms. The van der Waals surface area contributed by atoms with Gasteiger partial charge < -0.3 is 10.6 Å². The third-order valence-corrected chi connectivity index (χ3v) is 10.00. The zero-order valence-electron chi connectivity index (χ0n) is 23.0. The van der Waals surface area contributed by atoms with Crippen LogP contribution in [0.25, 0.3) is 0 Å². The van der Waals surface area contributed by atoms with Gasteiger partial charge in [0, 0.05) is 24.2 Å². The van der Waals surface area contributed by atoms with E-state index in [1.54, 1.807) is 0 Å². The molecule has 0 bridgehead atoms. The van der Waals surface area contributed by atoms with Crippen molar-refractivity contribution >= 4 is 0 Å². The van der Waals surface area contributed by atoms with Gasteiger partial charge in [-0.3, -0.25) is 0 Å². The molecule has 3 aliphatic carbocycles. The van der Waals surface area contributed by atoms with Gasteiger partial charge in [-0.2, -0.15) is 0 Å². The first kappa shape index (κ1) is 26.5. The zero-order valence-corrected chi connectivity index (χ0v) is 23.0. The molecular weight excluding hydrogens is 388 g/mol. The highest BCUT2D eigenvalue weighted by Gasteiger charge is 2.42. The molecule has 3 saturated carbocycles. The van der Waals surface area contributed by atoms with Crippen LogP contribution in [0, 0.1) is 47.3 Å². The maximum absolute atomic E-state index is 4.39. The predicted molar refractivity (Wildman–Crippen MR) is 141 cm³/mol. The van der Waals surface area contributed by atoms with E-state index in [4.69, 9.17) is 0 Å². The third-order valence-electron chi connectivity index (χ3n) is 10.00. The van der Waals surface area contributed by atoms with E-state index >= 15 is 0 Å². The van der Waals surface area contributed by atoms with Crippen molar-refractivity contribution in [3.05, 3.63) is 0 Å². The van der Waals surface area contributed by atoms with E-state index in [-0.39, 0.29) is 0 Å². The van der Waals surface area contributed by atoms with Crippen LogP contribution in [0.2, 0.25) is 0 Å². The van der Waals surface area contributed by atoms with E-state index in [0.29, 0.717) is 24.2 Å². The molecule has 0 radical (unpaired) electrons. The van der Waals surface area contributed by atoms with Crippen LogP contribution in [0.1, 0.15) is 120 Å². The molecule has 0 amide bonds. The second kappa shape index (κ2) is 12.1. The minimum atomic E-state index is 0.664. The fourth-order valence-electron chi connectivity index (χ4n) is 8.04. The fourth-order valence-corrected chi connectivity index (χ4v) is 8.04. The van der Waals surface area contributed by atoms with Gasteiger partial charge >= 0.3 is 0 Å². The van der Waals surface area contributed by atoms with Crippen molar-refractivity contribution in [1.29, 1.82) is 0 Å². The first-order valence-electron chi connectivity index (χ1n) is 14.7. The van der Waals surface area contributed by atoms with E-state index in [0.717, 1.165) is 47.3 Å². The molecule has 0 aromatic heterocycles. The SMILES string of the molecule is CC(C)C1CCCC(C(C)C)C1NC1CCCCC1NC1C(C(C)C)CCCC1C(C)C. The number of hydrogen-bond acceptors (Lipinski definition) is 2. The van der Waals surface area contributed by atoms with Crippen LogP contribution in [0.5, 0.6) is 0 Å². The van der Waals surface area contributed by atoms with Gasteiger partial charge in [0.2, 0.25) is 0 Å². The molecule has 0 heterocycles. The molecule has 0 saturated heterocycles. The molecular formula is C30H58N2. The molecule has 6 atom stereocenters. The van der Waals surface area contributed by atoms with Gasteiger partial charge in [-0.15, -0.1) is 0 Å². The summed E-state index contributed by atoms with van der Waals surface area (Å²) < 4.78 is 0. The molecule has 6 unspecified atom stereocenters. The summed E-state index contributed by atoms with van der Waals surface area (Å²) in [6.45, 7) is 19.8. The smallest absolute Gasteiger partial charge is 0.0224 e. The standard InChI is InChI=1S/C30H58N2/c1-19(2)23-13-11-14-24(20(3)4)29(23)31-27-17-9-10-18-28(27)32-30-25(21(5)6)15-12-16-26(30)22(7)8/h19-32H,9-18H2,1-8H3. The lowest BCUT2D eigenvalue weighted by Crippen LogP contribution is -2.62. The Morgan fingerprint density at radius 3 is 0.938 bits per heavy atom. The predicted octanol–water partition coefficient (Wildman–Crippen LogP) is 7.67. The van der Waals surface area contributed by atoms with Gasteiger partial charge in [-0.1, -0.05) is 81.1 Å². The van der Waals surface area contributed by atoms with Gasteiger partial charge in [-0.25, -0.2) is 0 Å². The Balaban J connectivity index is 1.78. The minimum absolute atomic E-state index is 0.664. The van der Waals surface area contributed by atoms with Crippen LogP contribution in [0.15, 0.2) is 0 Å². The quantitative estimate of drug-likeness (QED) is 0.399. The van der Waals surface area contributed by atoms with Gasteiger partial charge in [0.1, 0.15) is 0 Å². The molecule has 0 aromatic carbocycles. The van der Waals surface area contributed by atoms with Crippen molar-refractivity contribution in [2.45, 2.75) is 144 Å². The highest BCUT2D eigenvalue weighted by Crippen LogP contribution is 2.40. The molecule has 188 valence electrons. The molecule has 2 nitrogen and oxygen atoms in total. The van der Waals surface area contributed by atoms with Crippen LogP contribution >= 0.6 is 0 Å². The second-order valence-electron chi connectivity index (χ2n) is 13.4. The molecule has 2 heteroatoms. The Morgan fingerprint density at radius 2 is 0.688 bits per heavy atom. The summed E-state index contributed by atoms with van der Waals surface area (Å²) >= 11 is 0. The number of rotatable bonds is 8. The second-order valence-corrected chi connectivity index (χ2v) is 13.4. The van der Waals surface area contributed by atoms with Crippen molar-refractivity contribution in [2.24, 2.45) is 47.3 Å². The normalized spacial score (nSPS) is 39.4. The van der Waals surface area contributed by atoms with Crippen LogP contribution in [0.4, 0.5) is 0 Å². The van der Waals surface area contributed by atoms with E-state index in [9.17, 15) is 0 Å². The van der Waals surface area contributed by atoms with Gasteiger partial charge in [0.05, 0.1) is 0 Å². The molecule has 3 aliphatic rings. The monoisotopic (exact) mass is 446 g/mol. The van der Waals surface area contributed by atoms with Crippen molar-refractivity contribution in [3.63, 3.8) is 0 Å². The Hall–Kier alpha value is -0.0800. The summed E-state index contributed by atoms with van der Waals surface area (Å²) in [4.78, 5) is 0. The van der Waals surface area contributed by atoms with Gasteiger partial charge in [0.15, 0.2) is 0 Å². The molecule has 0 spiro atoms. The topological polar surface area (TPSA) is 24.1 Å². The maximum atomic E-state index is 4.39. The Morgan fingerprint density at radius 1 is 0.406 bits per heavy atom. The summed E-state index contributed by atoms with van der Waals surface area (Å²) in [5.41, 5.74) is 0. The van der Waals surface area contributed by atoms with Gasteiger partial charge in [-0.05, 0) is 85.9 Å². The van der Waals surface area contributed by atoms with E-state index in [1.165, 1.54) is 64.2 Å². The summed E-state index contributed by atoms with van der Waals surface area (Å²) in [6.07, 6.45) is 14.1. The summed E-state index contributed by atoms with van der Waals surface area (Å²) in [7, 11) is 0. The first-order valence-corrected chi connectivity index (χ1v) is 14.7. The van der Waals surface area contributed by atoms with Crippen LogP contribution < -0.4 is 10.6 Å². The molecule has 3 fully saturated rings. The Kier molecular flexibility index (Phi) is 9.99. The van der Waals surface area contributed by atoms with Crippen LogP contribution in [0.3, 0.4) is 0 Å². The third kappa shape index (κ3) is 6.32. The van der Waals surface area contributed by atoms with E-state index < -0.39 is 0 Å². The molecule has 2 N–H and O–H groups in total. The minimum Gasteiger partial charge on any atom is -0.309 e. The van der Waals surface area contributed by atoms with Crippen molar-refractivity contribution < 1.29 is 0 Å². The van der Waals surface area contributed by atoms with E-state index in [1.807, 2.05) is 0 Å². The first-order chi connectivity index (χ1) is 15.2. The lowest BCUT2D eigenvalue weighted by atomic mass is 9.67. The average Bonchev–Trinajstić information content (AvgIpc) is 2.74. The zero-order chi connectivity index (χ0) is 23.4. The molecule has 0 aromatic rings. The highest BCUT2D eigenvalue weighted by molar-refractivity contribution is 4.99. The number of nitrogens with one attached hydrogen (secondary N) is 2. The Bertz CT molecular complexity index is 459. The lowest BCUT2D eigenvalue weighted by Gasteiger charge is -2.49. The van der Waals surface area contributed by atoms with Gasteiger partial charge in [0.25, 0.3) is 0 Å². The average molecular weight is 447 g/mol. The summed E-state index contributed by atoms with van der Waals surface area (Å²) in [5, 5.41) is 8.77. The fraction of sp³-hybridized carbons (Fsp3) is 1.00. The summed E-state index contributed by atoms with van der Waals surface area (Å²) in [6, 6.07) is 2.75. The number of hydrogen-bond donors (Lipinski definition) is 2. The van der Waals surface area contributed by atoms with Crippen molar-refractivity contribution in [2.75, 3.05) is 0 Å². The lowest BCUT2D eigenvalue weighted by molar-refractivity contribution is 0.0690. The van der Waals surface area contributed by atoms with Crippen molar-refractivity contribution in [1.82, 2.24) is 10.6 Å². The van der Waals surface area contributed by atoms with Crippen LogP contribution in [-0.4, -0.2) is 24.2 Å². The van der Waals surface area contributed by atoms with Crippen molar-refractivity contribution in [3.8, 4) is 0 Å². The van der Waals surface area contributed by atoms with E-state index in [2.05, 4.69) is 66.0 Å². The maximum Gasteiger partial charge on any atom is 0.0224 e. The Labute approximate surface area is 201 Å².